The molecule has 0 amide bonds. The molecule has 0 spiro atoms. The minimum atomic E-state index is -0.802. The van der Waals surface area contributed by atoms with E-state index in [2.05, 4.69) is 15.0 Å². The van der Waals surface area contributed by atoms with Gasteiger partial charge in [0.2, 0.25) is 5.95 Å². The Hall–Kier alpha value is -2.25. The SMILES string of the molecule is Cc1nc(N=CN(C)C)[nH]c(=O)c1[N+](=O)[O-]. The van der Waals surface area contributed by atoms with Crippen LogP contribution < -0.4 is 5.56 Å². The van der Waals surface area contributed by atoms with Crippen molar-refractivity contribution in [3.05, 3.63) is 26.2 Å². The number of rotatable bonds is 3. The molecule has 0 atom stereocenters. The lowest BCUT2D eigenvalue weighted by Gasteiger charge is -2.02. The van der Waals surface area contributed by atoms with Gasteiger partial charge in [0, 0.05) is 14.1 Å². The van der Waals surface area contributed by atoms with Crippen LogP contribution >= 0.6 is 0 Å². The topological polar surface area (TPSA) is 104 Å². The van der Waals surface area contributed by atoms with Gasteiger partial charge in [0.25, 0.3) is 0 Å². The van der Waals surface area contributed by atoms with Crippen molar-refractivity contribution >= 4 is 18.0 Å². The highest BCUT2D eigenvalue weighted by molar-refractivity contribution is 5.57. The van der Waals surface area contributed by atoms with Gasteiger partial charge in [-0.15, -0.1) is 0 Å². The molecule has 8 heteroatoms. The molecule has 0 aliphatic heterocycles. The lowest BCUT2D eigenvalue weighted by Crippen LogP contribution is -2.15. The number of hydrogen-bond acceptors (Lipinski definition) is 5. The Balaban J connectivity index is 3.20. The summed E-state index contributed by atoms with van der Waals surface area (Å²) in [7, 11) is 3.50. The normalized spacial score (nSPS) is 10.7. The van der Waals surface area contributed by atoms with Gasteiger partial charge in [-0.05, 0) is 6.92 Å². The van der Waals surface area contributed by atoms with E-state index >= 15 is 0 Å². The zero-order chi connectivity index (χ0) is 12.3. The monoisotopic (exact) mass is 225 g/mol. The Labute approximate surface area is 90.8 Å². The highest BCUT2D eigenvalue weighted by Crippen LogP contribution is 2.11. The van der Waals surface area contributed by atoms with E-state index in [0.717, 1.165) is 0 Å². The quantitative estimate of drug-likeness (QED) is 0.342. The number of aliphatic imine (C=N–C) groups is 1. The maximum atomic E-state index is 11.3. The summed E-state index contributed by atoms with van der Waals surface area (Å²) >= 11 is 0. The van der Waals surface area contributed by atoms with Gasteiger partial charge < -0.3 is 4.90 Å². The van der Waals surface area contributed by atoms with E-state index < -0.39 is 16.2 Å². The van der Waals surface area contributed by atoms with Gasteiger partial charge >= 0.3 is 11.2 Å². The molecule has 0 bridgehead atoms. The molecule has 1 aromatic rings. The molecule has 0 saturated carbocycles. The van der Waals surface area contributed by atoms with Crippen molar-refractivity contribution in [1.29, 1.82) is 0 Å². The van der Waals surface area contributed by atoms with Crippen molar-refractivity contribution in [3.8, 4) is 0 Å². The van der Waals surface area contributed by atoms with E-state index in [4.69, 9.17) is 0 Å². The molecule has 16 heavy (non-hydrogen) atoms. The summed E-state index contributed by atoms with van der Waals surface area (Å²) in [6.07, 6.45) is 1.43. The first kappa shape index (κ1) is 11.8. The number of aromatic amines is 1. The molecule has 0 aliphatic carbocycles. The molecule has 0 saturated heterocycles. The Morgan fingerprint density at radius 3 is 2.62 bits per heavy atom. The largest absolute Gasteiger partial charge is 0.369 e. The Morgan fingerprint density at radius 1 is 1.56 bits per heavy atom. The Bertz CT molecular complexity index is 491. The van der Waals surface area contributed by atoms with Gasteiger partial charge in [0.15, 0.2) is 0 Å². The lowest BCUT2D eigenvalue weighted by molar-refractivity contribution is -0.387. The van der Waals surface area contributed by atoms with Crippen LogP contribution in [0.15, 0.2) is 9.79 Å². The molecule has 0 aromatic carbocycles. The first-order valence-electron chi connectivity index (χ1n) is 4.37. The standard InChI is InChI=1S/C8H11N5O3/c1-5-6(13(15)16)7(14)11-8(10-5)9-4-12(2)3/h4H,1-3H3,(H,10,11,14). The molecule has 8 nitrogen and oxygen atoms in total. The van der Waals surface area contributed by atoms with Crippen molar-refractivity contribution in [1.82, 2.24) is 14.9 Å². The molecular formula is C8H11N5O3. The van der Waals surface area contributed by atoms with Crippen molar-refractivity contribution in [2.75, 3.05) is 14.1 Å². The number of nitro groups is 1. The average molecular weight is 225 g/mol. The summed E-state index contributed by atoms with van der Waals surface area (Å²) < 4.78 is 0. The molecule has 0 radical (unpaired) electrons. The number of aromatic nitrogens is 2. The summed E-state index contributed by atoms with van der Waals surface area (Å²) in [6, 6.07) is 0. The number of nitrogens with zero attached hydrogens (tertiary/aromatic N) is 4. The zero-order valence-electron chi connectivity index (χ0n) is 9.09. The zero-order valence-corrected chi connectivity index (χ0v) is 9.09. The third kappa shape index (κ3) is 2.62. The second kappa shape index (κ2) is 4.51. The van der Waals surface area contributed by atoms with Crippen molar-refractivity contribution in [3.63, 3.8) is 0 Å². The second-order valence-corrected chi connectivity index (χ2v) is 3.29. The van der Waals surface area contributed by atoms with Crippen LogP contribution in [-0.4, -0.2) is 40.2 Å². The molecule has 0 unspecified atom stereocenters. The van der Waals surface area contributed by atoms with Crippen LogP contribution in [-0.2, 0) is 0 Å². The molecule has 1 heterocycles. The second-order valence-electron chi connectivity index (χ2n) is 3.29. The van der Waals surface area contributed by atoms with Crippen molar-refractivity contribution < 1.29 is 4.92 Å². The first-order chi connectivity index (χ1) is 7.41. The van der Waals surface area contributed by atoms with Crippen LogP contribution in [0.5, 0.6) is 0 Å². The van der Waals surface area contributed by atoms with E-state index in [0.29, 0.717) is 0 Å². The Kier molecular flexibility index (Phi) is 3.33. The van der Waals surface area contributed by atoms with Crippen LogP contribution in [0, 0.1) is 17.0 Å². The maximum Gasteiger partial charge on any atom is 0.354 e. The van der Waals surface area contributed by atoms with Crippen LogP contribution in [0.3, 0.4) is 0 Å². The molecule has 1 aromatic heterocycles. The highest BCUT2D eigenvalue weighted by Gasteiger charge is 2.18. The molecule has 0 fully saturated rings. The molecule has 86 valence electrons. The minimum Gasteiger partial charge on any atom is -0.369 e. The summed E-state index contributed by atoms with van der Waals surface area (Å²) in [5.41, 5.74) is -1.31. The lowest BCUT2D eigenvalue weighted by atomic mass is 10.4. The minimum absolute atomic E-state index is 0.0413. The van der Waals surface area contributed by atoms with E-state index in [1.807, 2.05) is 0 Å². The number of hydrogen-bond donors (Lipinski definition) is 1. The summed E-state index contributed by atoms with van der Waals surface area (Å²) in [5.74, 6) is 0.0433. The van der Waals surface area contributed by atoms with Gasteiger partial charge in [-0.3, -0.25) is 19.9 Å². The average Bonchev–Trinajstić information content (AvgIpc) is 2.12. The van der Waals surface area contributed by atoms with Gasteiger partial charge in [0.1, 0.15) is 5.69 Å². The van der Waals surface area contributed by atoms with Crippen LogP contribution in [0.2, 0.25) is 0 Å². The van der Waals surface area contributed by atoms with Crippen LogP contribution in [0.1, 0.15) is 5.69 Å². The van der Waals surface area contributed by atoms with E-state index in [-0.39, 0.29) is 11.6 Å². The smallest absolute Gasteiger partial charge is 0.354 e. The molecule has 1 N–H and O–H groups in total. The fourth-order valence-electron chi connectivity index (χ4n) is 1.01. The first-order valence-corrected chi connectivity index (χ1v) is 4.37. The third-order valence-corrected chi connectivity index (χ3v) is 1.65. The van der Waals surface area contributed by atoms with Crippen molar-refractivity contribution in [2.24, 2.45) is 4.99 Å². The maximum absolute atomic E-state index is 11.3. The van der Waals surface area contributed by atoms with E-state index in [1.165, 1.54) is 13.3 Å². The fraction of sp³-hybridized carbons (Fsp3) is 0.375. The summed E-state index contributed by atoms with van der Waals surface area (Å²) in [4.78, 5) is 32.6. The predicted molar refractivity (Wildman–Crippen MR) is 58.1 cm³/mol. The van der Waals surface area contributed by atoms with Gasteiger partial charge in [-0.2, -0.15) is 0 Å². The molecule has 1 rings (SSSR count). The molecular weight excluding hydrogens is 214 g/mol. The van der Waals surface area contributed by atoms with Gasteiger partial charge in [-0.1, -0.05) is 0 Å². The Morgan fingerprint density at radius 2 is 2.19 bits per heavy atom. The van der Waals surface area contributed by atoms with Crippen LogP contribution in [0.25, 0.3) is 0 Å². The summed E-state index contributed by atoms with van der Waals surface area (Å²) in [6.45, 7) is 1.39. The third-order valence-electron chi connectivity index (χ3n) is 1.65. The predicted octanol–water partition coefficient (Wildman–Crippen LogP) is 0.208. The van der Waals surface area contributed by atoms with Gasteiger partial charge in [0.05, 0.1) is 11.3 Å². The van der Waals surface area contributed by atoms with Gasteiger partial charge in [-0.25, -0.2) is 9.98 Å². The number of nitrogens with one attached hydrogen (secondary N) is 1. The summed E-state index contributed by atoms with van der Waals surface area (Å²) in [5, 5.41) is 10.5. The number of H-pyrrole nitrogens is 1. The van der Waals surface area contributed by atoms with Crippen molar-refractivity contribution in [2.45, 2.75) is 6.92 Å². The van der Waals surface area contributed by atoms with E-state index in [1.54, 1.807) is 19.0 Å². The number of aryl methyl sites for hydroxylation is 1. The fourth-order valence-corrected chi connectivity index (χ4v) is 1.01. The molecule has 0 aliphatic rings. The highest BCUT2D eigenvalue weighted by atomic mass is 16.6. The van der Waals surface area contributed by atoms with Crippen LogP contribution in [0.4, 0.5) is 11.6 Å². The van der Waals surface area contributed by atoms with E-state index in [9.17, 15) is 14.9 Å².